The first-order valence-electron chi connectivity index (χ1n) is 7.76. The molecule has 4 nitrogen and oxygen atoms in total. The summed E-state index contributed by atoms with van der Waals surface area (Å²) in [6.07, 6.45) is 2.40. The van der Waals surface area contributed by atoms with E-state index in [-0.39, 0.29) is 12.1 Å². The molecule has 1 unspecified atom stereocenters. The van der Waals surface area contributed by atoms with Crippen molar-refractivity contribution < 1.29 is 9.90 Å². The van der Waals surface area contributed by atoms with Gasteiger partial charge in [-0.15, -0.1) is 0 Å². The summed E-state index contributed by atoms with van der Waals surface area (Å²) in [4.78, 5) is 13.8. The van der Waals surface area contributed by atoms with E-state index in [0.717, 1.165) is 18.4 Å². The number of nitrogens with zero attached hydrogens (tertiary/aromatic N) is 1. The van der Waals surface area contributed by atoms with Crippen molar-refractivity contribution in [2.24, 2.45) is 0 Å². The predicted molar refractivity (Wildman–Crippen MR) is 96.1 cm³/mol. The van der Waals surface area contributed by atoms with Crippen LogP contribution in [-0.4, -0.2) is 34.7 Å². The highest BCUT2D eigenvalue weighted by Gasteiger charge is 2.16. The molecule has 0 aliphatic rings. The summed E-state index contributed by atoms with van der Waals surface area (Å²) in [5, 5.41) is 13.8. The number of hydrogen-bond donors (Lipinski definition) is 2. The Morgan fingerprint density at radius 2 is 2.04 bits per heavy atom. The normalized spacial score (nSPS) is 12.8. The number of nitrogens with one attached hydrogen (secondary N) is 1. The lowest BCUT2D eigenvalue weighted by atomic mass is 10.00. The van der Waals surface area contributed by atoms with Crippen LogP contribution in [0.25, 0.3) is 0 Å². The van der Waals surface area contributed by atoms with Gasteiger partial charge in [0.15, 0.2) is 0 Å². The fourth-order valence-corrected chi connectivity index (χ4v) is 2.68. The molecule has 1 atom stereocenters. The van der Waals surface area contributed by atoms with E-state index in [0.29, 0.717) is 23.0 Å². The minimum absolute atomic E-state index is 0.0491. The first-order valence-corrected chi connectivity index (χ1v) is 8.52. The SMILES string of the molecule is CC(CCCC(C)(C)O)NC(=O)N(C)Cc1ccc(Cl)cc1Cl. The van der Waals surface area contributed by atoms with Crippen LogP contribution < -0.4 is 5.32 Å². The van der Waals surface area contributed by atoms with Crippen molar-refractivity contribution in [2.75, 3.05) is 7.05 Å². The molecule has 23 heavy (non-hydrogen) atoms. The lowest BCUT2D eigenvalue weighted by molar-refractivity contribution is 0.0676. The summed E-state index contributed by atoms with van der Waals surface area (Å²) < 4.78 is 0. The van der Waals surface area contributed by atoms with Crippen molar-refractivity contribution >= 4 is 29.2 Å². The van der Waals surface area contributed by atoms with Gasteiger partial charge in [-0.3, -0.25) is 0 Å². The Bertz CT molecular complexity index is 530. The van der Waals surface area contributed by atoms with Crippen LogP contribution in [0, 0.1) is 0 Å². The molecule has 0 saturated carbocycles. The van der Waals surface area contributed by atoms with Crippen molar-refractivity contribution in [1.29, 1.82) is 0 Å². The Labute approximate surface area is 148 Å². The van der Waals surface area contributed by atoms with Gasteiger partial charge in [-0.1, -0.05) is 29.3 Å². The number of rotatable bonds is 7. The predicted octanol–water partition coefficient (Wildman–Crippen LogP) is 4.46. The van der Waals surface area contributed by atoms with Crippen LogP contribution in [0.2, 0.25) is 10.0 Å². The van der Waals surface area contributed by atoms with Crippen LogP contribution in [0.5, 0.6) is 0 Å². The maximum Gasteiger partial charge on any atom is 0.317 e. The van der Waals surface area contributed by atoms with Crippen LogP contribution in [0.1, 0.15) is 45.6 Å². The minimum Gasteiger partial charge on any atom is -0.390 e. The molecule has 2 N–H and O–H groups in total. The number of halogens is 2. The molecule has 0 aromatic heterocycles. The van der Waals surface area contributed by atoms with E-state index in [4.69, 9.17) is 23.2 Å². The molecule has 0 spiro atoms. The van der Waals surface area contributed by atoms with E-state index in [2.05, 4.69) is 5.32 Å². The zero-order valence-electron chi connectivity index (χ0n) is 14.2. The number of benzene rings is 1. The van der Waals surface area contributed by atoms with E-state index >= 15 is 0 Å². The maximum absolute atomic E-state index is 12.2. The van der Waals surface area contributed by atoms with Crippen molar-refractivity contribution in [3.05, 3.63) is 33.8 Å². The second-order valence-electron chi connectivity index (χ2n) is 6.65. The van der Waals surface area contributed by atoms with E-state index in [1.165, 1.54) is 0 Å². The summed E-state index contributed by atoms with van der Waals surface area (Å²) in [5.74, 6) is 0. The fourth-order valence-electron chi connectivity index (χ4n) is 2.21. The number of carbonyl (C=O) groups is 1. The van der Waals surface area contributed by atoms with Gasteiger partial charge in [-0.25, -0.2) is 4.79 Å². The van der Waals surface area contributed by atoms with Crippen LogP contribution >= 0.6 is 23.2 Å². The van der Waals surface area contributed by atoms with Crippen molar-refractivity contribution in [2.45, 2.75) is 58.2 Å². The van der Waals surface area contributed by atoms with Gasteiger partial charge in [0.05, 0.1) is 5.60 Å². The van der Waals surface area contributed by atoms with Gasteiger partial charge in [-0.2, -0.15) is 0 Å². The quantitative estimate of drug-likeness (QED) is 0.753. The standard InChI is InChI=1S/C17H26Cl2N2O2/c1-12(6-5-9-17(2,3)23)20-16(22)21(4)11-13-7-8-14(18)10-15(13)19/h7-8,10,12,23H,5-6,9,11H2,1-4H3,(H,20,22). The molecule has 0 aliphatic carbocycles. The molecular weight excluding hydrogens is 335 g/mol. The lowest BCUT2D eigenvalue weighted by Crippen LogP contribution is -2.41. The zero-order valence-corrected chi connectivity index (χ0v) is 15.7. The molecular formula is C17H26Cl2N2O2. The highest BCUT2D eigenvalue weighted by molar-refractivity contribution is 6.35. The van der Waals surface area contributed by atoms with Gasteiger partial charge < -0.3 is 15.3 Å². The summed E-state index contributed by atoms with van der Waals surface area (Å²) >= 11 is 12.0. The average Bonchev–Trinajstić information content (AvgIpc) is 2.40. The number of amides is 2. The van der Waals surface area contributed by atoms with E-state index in [9.17, 15) is 9.90 Å². The average molecular weight is 361 g/mol. The van der Waals surface area contributed by atoms with Gasteiger partial charge in [0.2, 0.25) is 0 Å². The van der Waals surface area contributed by atoms with E-state index in [1.54, 1.807) is 37.9 Å². The van der Waals surface area contributed by atoms with Crippen LogP contribution in [0.4, 0.5) is 4.79 Å². The number of urea groups is 1. The van der Waals surface area contributed by atoms with E-state index in [1.807, 2.05) is 13.0 Å². The molecule has 130 valence electrons. The third-order valence-electron chi connectivity index (χ3n) is 3.56. The number of hydrogen-bond acceptors (Lipinski definition) is 2. The Morgan fingerprint density at radius 3 is 2.61 bits per heavy atom. The fraction of sp³-hybridized carbons (Fsp3) is 0.588. The largest absolute Gasteiger partial charge is 0.390 e. The summed E-state index contributed by atoms with van der Waals surface area (Å²) in [6, 6.07) is 5.15. The molecule has 0 heterocycles. The Kier molecular flexibility index (Phi) is 7.65. The number of carbonyl (C=O) groups excluding carboxylic acids is 1. The number of aliphatic hydroxyl groups is 1. The summed E-state index contributed by atoms with van der Waals surface area (Å²) in [6.45, 7) is 5.96. The van der Waals surface area contributed by atoms with Gasteiger partial charge in [0.1, 0.15) is 0 Å². The third kappa shape index (κ3) is 7.91. The van der Waals surface area contributed by atoms with Gasteiger partial charge in [0.25, 0.3) is 0 Å². The smallest absolute Gasteiger partial charge is 0.317 e. The molecule has 6 heteroatoms. The first-order chi connectivity index (χ1) is 10.6. The zero-order chi connectivity index (χ0) is 17.6. The molecule has 1 aromatic carbocycles. The van der Waals surface area contributed by atoms with Gasteiger partial charge >= 0.3 is 6.03 Å². The van der Waals surface area contributed by atoms with Crippen molar-refractivity contribution in [1.82, 2.24) is 10.2 Å². The van der Waals surface area contributed by atoms with Crippen molar-refractivity contribution in [3.8, 4) is 0 Å². The highest BCUT2D eigenvalue weighted by Crippen LogP contribution is 2.22. The van der Waals surface area contributed by atoms with Crippen LogP contribution in [-0.2, 0) is 6.54 Å². The summed E-state index contributed by atoms with van der Waals surface area (Å²) in [5.41, 5.74) is 0.190. The van der Waals surface area contributed by atoms with Crippen molar-refractivity contribution in [3.63, 3.8) is 0 Å². The second kappa shape index (κ2) is 8.76. The van der Waals surface area contributed by atoms with Crippen LogP contribution in [0.15, 0.2) is 18.2 Å². The third-order valence-corrected chi connectivity index (χ3v) is 4.15. The molecule has 2 amide bonds. The Hall–Kier alpha value is -0.970. The topological polar surface area (TPSA) is 52.6 Å². The molecule has 1 aromatic rings. The lowest BCUT2D eigenvalue weighted by Gasteiger charge is -2.23. The highest BCUT2D eigenvalue weighted by atomic mass is 35.5. The summed E-state index contributed by atoms with van der Waals surface area (Å²) in [7, 11) is 1.73. The second-order valence-corrected chi connectivity index (χ2v) is 7.49. The Morgan fingerprint density at radius 1 is 1.39 bits per heavy atom. The molecule has 0 bridgehead atoms. The molecule has 0 fully saturated rings. The van der Waals surface area contributed by atoms with Gasteiger partial charge in [-0.05, 0) is 57.7 Å². The minimum atomic E-state index is -0.661. The first kappa shape index (κ1) is 20.1. The maximum atomic E-state index is 12.2. The molecule has 1 rings (SSSR count). The molecule has 0 aliphatic heterocycles. The molecule has 0 radical (unpaired) electrons. The Balaban J connectivity index is 2.44. The van der Waals surface area contributed by atoms with Gasteiger partial charge in [0, 0.05) is 29.7 Å². The van der Waals surface area contributed by atoms with Crippen LogP contribution in [0.3, 0.4) is 0 Å². The van der Waals surface area contributed by atoms with E-state index < -0.39 is 5.60 Å². The molecule has 0 saturated heterocycles. The monoisotopic (exact) mass is 360 g/mol.